The number of amides is 1. The Labute approximate surface area is 127 Å². The number of carbonyl (C=O) groups excluding carboxylic acids is 1. The minimum atomic E-state index is -0.656. The standard InChI is InChI=1S/C13H16Cl2N2O3/c1-7(2)8(3)16(4)13(18)9-5-10(14)12(15)11(6-9)17(19)20/h5-8H,1-4H3. The molecule has 0 spiro atoms. The van der Waals surface area contributed by atoms with Crippen LogP contribution in [0.5, 0.6) is 0 Å². The molecule has 0 bridgehead atoms. The van der Waals surface area contributed by atoms with E-state index in [9.17, 15) is 14.9 Å². The average Bonchev–Trinajstić information content (AvgIpc) is 2.38. The maximum absolute atomic E-state index is 12.3. The number of nitro benzene ring substituents is 1. The number of halogens is 2. The smallest absolute Gasteiger partial charge is 0.290 e. The van der Waals surface area contributed by atoms with Crippen molar-refractivity contribution in [3.8, 4) is 0 Å². The minimum Gasteiger partial charge on any atom is -0.339 e. The van der Waals surface area contributed by atoms with E-state index < -0.39 is 4.92 Å². The summed E-state index contributed by atoms with van der Waals surface area (Å²) < 4.78 is 0. The van der Waals surface area contributed by atoms with Crippen LogP contribution in [-0.4, -0.2) is 28.8 Å². The fraction of sp³-hybridized carbons (Fsp3) is 0.462. The molecule has 0 aliphatic rings. The monoisotopic (exact) mass is 318 g/mol. The summed E-state index contributed by atoms with van der Waals surface area (Å²) in [6.07, 6.45) is 0. The number of hydrogen-bond donors (Lipinski definition) is 0. The summed E-state index contributed by atoms with van der Waals surface area (Å²) in [5.74, 6) is -0.0606. The van der Waals surface area contributed by atoms with Crippen molar-refractivity contribution in [2.75, 3.05) is 7.05 Å². The van der Waals surface area contributed by atoms with E-state index in [4.69, 9.17) is 23.2 Å². The molecule has 1 aromatic carbocycles. The molecule has 0 aliphatic heterocycles. The van der Waals surface area contributed by atoms with Gasteiger partial charge in [0.2, 0.25) is 0 Å². The van der Waals surface area contributed by atoms with Crippen LogP contribution in [-0.2, 0) is 0 Å². The van der Waals surface area contributed by atoms with E-state index >= 15 is 0 Å². The lowest BCUT2D eigenvalue weighted by Crippen LogP contribution is -2.38. The minimum absolute atomic E-state index is 0.00369. The Balaban J connectivity index is 3.21. The van der Waals surface area contributed by atoms with Crippen LogP contribution >= 0.6 is 23.2 Å². The molecule has 1 amide bonds. The lowest BCUT2D eigenvalue weighted by Gasteiger charge is -2.28. The molecular formula is C13H16Cl2N2O3. The van der Waals surface area contributed by atoms with Crippen molar-refractivity contribution in [2.45, 2.75) is 26.8 Å². The summed E-state index contributed by atoms with van der Waals surface area (Å²) in [4.78, 5) is 24.1. The molecule has 0 saturated carbocycles. The van der Waals surface area contributed by atoms with Gasteiger partial charge < -0.3 is 4.90 Å². The van der Waals surface area contributed by atoms with Crippen molar-refractivity contribution >= 4 is 34.8 Å². The Morgan fingerprint density at radius 2 is 1.85 bits per heavy atom. The number of nitrogens with zero attached hydrogens (tertiary/aromatic N) is 2. The number of benzene rings is 1. The molecule has 5 nitrogen and oxygen atoms in total. The summed E-state index contributed by atoms with van der Waals surface area (Å²) in [5.41, 5.74) is -0.214. The molecule has 1 atom stereocenters. The molecule has 0 saturated heterocycles. The molecule has 1 unspecified atom stereocenters. The topological polar surface area (TPSA) is 63.5 Å². The fourth-order valence-electron chi connectivity index (χ4n) is 1.67. The molecule has 1 rings (SSSR count). The second-order valence-electron chi connectivity index (χ2n) is 4.95. The summed E-state index contributed by atoms with van der Waals surface area (Å²) in [7, 11) is 1.65. The highest BCUT2D eigenvalue weighted by Crippen LogP contribution is 2.33. The predicted molar refractivity (Wildman–Crippen MR) is 79.5 cm³/mol. The van der Waals surface area contributed by atoms with Crippen molar-refractivity contribution < 1.29 is 9.72 Å². The van der Waals surface area contributed by atoms with Crippen molar-refractivity contribution in [3.63, 3.8) is 0 Å². The molecule has 7 heteroatoms. The molecule has 1 aromatic rings. The van der Waals surface area contributed by atoms with Gasteiger partial charge in [0.05, 0.1) is 9.95 Å². The van der Waals surface area contributed by atoms with E-state index in [2.05, 4.69) is 0 Å². The Hall–Kier alpha value is -1.33. The summed E-state index contributed by atoms with van der Waals surface area (Å²) in [5, 5.41) is 10.7. The summed E-state index contributed by atoms with van der Waals surface area (Å²) in [6, 6.07) is 2.50. The third kappa shape index (κ3) is 3.41. The predicted octanol–water partition coefficient (Wildman–Crippen LogP) is 4.02. The van der Waals surface area contributed by atoms with Gasteiger partial charge in [0.15, 0.2) is 0 Å². The van der Waals surface area contributed by atoms with Crippen LogP contribution in [0.25, 0.3) is 0 Å². The highest BCUT2D eigenvalue weighted by molar-refractivity contribution is 6.43. The van der Waals surface area contributed by atoms with Crippen LogP contribution in [0.2, 0.25) is 10.0 Å². The van der Waals surface area contributed by atoms with Crippen LogP contribution in [0.4, 0.5) is 5.69 Å². The van der Waals surface area contributed by atoms with Gasteiger partial charge in [-0.25, -0.2) is 0 Å². The number of carbonyl (C=O) groups is 1. The molecule has 20 heavy (non-hydrogen) atoms. The SMILES string of the molecule is CC(C)C(C)N(C)C(=O)c1cc(Cl)c(Cl)c([N+](=O)[O-])c1. The van der Waals surface area contributed by atoms with E-state index in [0.717, 1.165) is 6.07 Å². The molecule has 110 valence electrons. The molecule has 0 aromatic heterocycles. The number of hydrogen-bond acceptors (Lipinski definition) is 3. The van der Waals surface area contributed by atoms with Crippen LogP contribution < -0.4 is 0 Å². The van der Waals surface area contributed by atoms with E-state index in [1.807, 2.05) is 20.8 Å². The zero-order chi connectivity index (χ0) is 15.6. The lowest BCUT2D eigenvalue weighted by atomic mass is 10.0. The van der Waals surface area contributed by atoms with Crippen LogP contribution in [0.1, 0.15) is 31.1 Å². The summed E-state index contributed by atoms with van der Waals surface area (Å²) >= 11 is 11.6. The molecule has 0 N–H and O–H groups in total. The van der Waals surface area contributed by atoms with Gasteiger partial charge in [-0.1, -0.05) is 37.0 Å². The zero-order valence-corrected chi connectivity index (χ0v) is 13.2. The summed E-state index contributed by atoms with van der Waals surface area (Å²) in [6.45, 7) is 5.89. The molecule has 0 aliphatic carbocycles. The maximum Gasteiger partial charge on any atom is 0.290 e. The maximum atomic E-state index is 12.3. The van der Waals surface area contributed by atoms with Gasteiger partial charge in [-0.05, 0) is 18.9 Å². The molecular weight excluding hydrogens is 303 g/mol. The van der Waals surface area contributed by atoms with E-state index in [1.54, 1.807) is 7.05 Å². The van der Waals surface area contributed by atoms with Gasteiger partial charge in [0.1, 0.15) is 5.02 Å². The van der Waals surface area contributed by atoms with Gasteiger partial charge in [-0.3, -0.25) is 14.9 Å². The molecule has 0 heterocycles. The van der Waals surface area contributed by atoms with Crippen molar-refractivity contribution in [1.29, 1.82) is 0 Å². The van der Waals surface area contributed by atoms with Crippen molar-refractivity contribution in [3.05, 3.63) is 37.9 Å². The van der Waals surface area contributed by atoms with Gasteiger partial charge in [0, 0.05) is 24.7 Å². The van der Waals surface area contributed by atoms with Crippen LogP contribution in [0.15, 0.2) is 12.1 Å². The Bertz CT molecular complexity index is 547. The molecule has 0 radical (unpaired) electrons. The first kappa shape index (κ1) is 16.7. The van der Waals surface area contributed by atoms with Gasteiger partial charge in [-0.15, -0.1) is 0 Å². The van der Waals surface area contributed by atoms with Gasteiger partial charge in [0.25, 0.3) is 11.6 Å². The average molecular weight is 319 g/mol. The zero-order valence-electron chi connectivity index (χ0n) is 11.7. The first-order valence-electron chi connectivity index (χ1n) is 6.07. The lowest BCUT2D eigenvalue weighted by molar-refractivity contribution is -0.384. The fourth-order valence-corrected chi connectivity index (χ4v) is 2.06. The van der Waals surface area contributed by atoms with E-state index in [1.165, 1.54) is 11.0 Å². The number of nitro groups is 1. The highest BCUT2D eigenvalue weighted by atomic mass is 35.5. The van der Waals surface area contributed by atoms with E-state index in [-0.39, 0.29) is 39.2 Å². The Morgan fingerprint density at radius 3 is 2.30 bits per heavy atom. The van der Waals surface area contributed by atoms with Crippen LogP contribution in [0, 0.1) is 16.0 Å². The van der Waals surface area contributed by atoms with Crippen LogP contribution in [0.3, 0.4) is 0 Å². The normalized spacial score (nSPS) is 12.3. The largest absolute Gasteiger partial charge is 0.339 e. The Morgan fingerprint density at radius 1 is 1.30 bits per heavy atom. The first-order chi connectivity index (χ1) is 9.16. The van der Waals surface area contributed by atoms with Crippen molar-refractivity contribution in [1.82, 2.24) is 4.90 Å². The third-order valence-electron chi connectivity index (χ3n) is 3.35. The van der Waals surface area contributed by atoms with Gasteiger partial charge in [-0.2, -0.15) is 0 Å². The quantitative estimate of drug-likeness (QED) is 0.622. The first-order valence-corrected chi connectivity index (χ1v) is 6.83. The second-order valence-corrected chi connectivity index (χ2v) is 5.73. The number of rotatable bonds is 4. The van der Waals surface area contributed by atoms with E-state index in [0.29, 0.717) is 0 Å². The molecule has 0 fully saturated rings. The third-order valence-corrected chi connectivity index (χ3v) is 4.14. The Kier molecular flexibility index (Phi) is 5.36. The highest BCUT2D eigenvalue weighted by Gasteiger charge is 2.24. The second kappa shape index (κ2) is 6.41. The van der Waals surface area contributed by atoms with Crippen molar-refractivity contribution in [2.24, 2.45) is 5.92 Å². The van der Waals surface area contributed by atoms with Gasteiger partial charge >= 0.3 is 0 Å².